The van der Waals surface area contributed by atoms with E-state index in [1.54, 1.807) is 11.3 Å². The maximum absolute atomic E-state index is 12.1. The lowest BCUT2D eigenvalue weighted by molar-refractivity contribution is 0.0712. The highest BCUT2D eigenvalue weighted by atomic mass is 32.1. The molecule has 1 N–H and O–H groups in total. The summed E-state index contributed by atoms with van der Waals surface area (Å²) in [6.45, 7) is 5.00. The molecule has 100 valence electrons. The third kappa shape index (κ3) is 3.33. The van der Waals surface area contributed by atoms with Gasteiger partial charge in [-0.25, -0.2) is 0 Å². The topological polar surface area (TPSA) is 38.3 Å². The third-order valence-corrected chi connectivity index (χ3v) is 4.29. The van der Waals surface area contributed by atoms with Gasteiger partial charge in [0.05, 0.1) is 17.7 Å². The quantitative estimate of drug-likeness (QED) is 0.890. The Kier molecular flexibility index (Phi) is 4.78. The number of thiophene rings is 1. The van der Waals surface area contributed by atoms with Gasteiger partial charge in [-0.3, -0.25) is 4.79 Å². The van der Waals surface area contributed by atoms with Gasteiger partial charge in [0.2, 0.25) is 0 Å². The first-order chi connectivity index (χ1) is 8.70. The van der Waals surface area contributed by atoms with Gasteiger partial charge in [0.1, 0.15) is 0 Å². The van der Waals surface area contributed by atoms with E-state index in [4.69, 9.17) is 4.74 Å². The minimum atomic E-state index is 0.0246. The molecule has 1 amide bonds. The Morgan fingerprint density at radius 1 is 1.67 bits per heavy atom. The molecule has 0 aromatic carbocycles. The van der Waals surface area contributed by atoms with Crippen molar-refractivity contribution in [2.75, 3.05) is 6.61 Å². The first-order valence-corrected chi connectivity index (χ1v) is 7.58. The molecule has 2 rings (SSSR count). The van der Waals surface area contributed by atoms with Crippen LogP contribution in [0.25, 0.3) is 0 Å². The van der Waals surface area contributed by atoms with Gasteiger partial charge in [-0.1, -0.05) is 13.3 Å². The summed E-state index contributed by atoms with van der Waals surface area (Å²) in [6.07, 6.45) is 4.51. The summed E-state index contributed by atoms with van der Waals surface area (Å²) in [5.74, 6) is 0.0246. The Balaban J connectivity index is 1.89. The van der Waals surface area contributed by atoms with Gasteiger partial charge in [0, 0.05) is 16.9 Å². The number of ether oxygens (including phenoxy) is 1. The van der Waals surface area contributed by atoms with Crippen molar-refractivity contribution in [1.29, 1.82) is 0 Å². The zero-order valence-corrected chi connectivity index (χ0v) is 11.9. The van der Waals surface area contributed by atoms with Crippen LogP contribution in [0, 0.1) is 0 Å². The normalized spacial score (nSPS) is 20.9. The highest BCUT2D eigenvalue weighted by Gasteiger charge is 2.24. The van der Waals surface area contributed by atoms with Crippen molar-refractivity contribution in [2.24, 2.45) is 0 Å². The fraction of sp³-hybridized carbons (Fsp3) is 0.643. The lowest BCUT2D eigenvalue weighted by Gasteiger charge is -2.19. The number of hydrogen-bond donors (Lipinski definition) is 1. The van der Waals surface area contributed by atoms with Gasteiger partial charge in [-0.15, -0.1) is 11.3 Å². The van der Waals surface area contributed by atoms with E-state index in [0.717, 1.165) is 37.9 Å². The van der Waals surface area contributed by atoms with Gasteiger partial charge >= 0.3 is 0 Å². The molecule has 0 saturated carbocycles. The van der Waals surface area contributed by atoms with Gasteiger partial charge in [0.25, 0.3) is 5.91 Å². The summed E-state index contributed by atoms with van der Waals surface area (Å²) in [7, 11) is 0. The predicted octanol–water partition coefficient (Wildman–Crippen LogP) is 3.00. The number of rotatable bonds is 5. The van der Waals surface area contributed by atoms with E-state index < -0.39 is 0 Å². The van der Waals surface area contributed by atoms with Gasteiger partial charge < -0.3 is 10.1 Å². The molecule has 0 spiro atoms. The van der Waals surface area contributed by atoms with E-state index in [1.165, 1.54) is 4.88 Å². The molecule has 4 heteroatoms. The van der Waals surface area contributed by atoms with Crippen LogP contribution >= 0.6 is 11.3 Å². The average Bonchev–Trinajstić information content (AvgIpc) is 3.00. The van der Waals surface area contributed by atoms with Crippen molar-refractivity contribution in [2.45, 2.75) is 51.7 Å². The first kappa shape index (κ1) is 13.6. The summed E-state index contributed by atoms with van der Waals surface area (Å²) in [5.41, 5.74) is 0.785. The molecule has 1 aromatic heterocycles. The molecular formula is C14H21NO2S. The number of nitrogens with one attached hydrogen (secondary N) is 1. The molecule has 2 heterocycles. The van der Waals surface area contributed by atoms with Crippen LogP contribution in [0.1, 0.15) is 48.3 Å². The molecule has 0 aliphatic carbocycles. The number of aryl methyl sites for hydroxylation is 1. The van der Waals surface area contributed by atoms with Crippen molar-refractivity contribution < 1.29 is 9.53 Å². The summed E-state index contributed by atoms with van der Waals surface area (Å²) in [4.78, 5) is 13.4. The molecule has 0 unspecified atom stereocenters. The largest absolute Gasteiger partial charge is 0.376 e. The van der Waals surface area contributed by atoms with Crippen molar-refractivity contribution in [3.63, 3.8) is 0 Å². The highest BCUT2D eigenvalue weighted by molar-refractivity contribution is 7.10. The summed E-state index contributed by atoms with van der Waals surface area (Å²) >= 11 is 1.67. The zero-order valence-electron chi connectivity index (χ0n) is 11.1. The lowest BCUT2D eigenvalue weighted by atomic mass is 10.1. The van der Waals surface area contributed by atoms with Crippen molar-refractivity contribution in [1.82, 2.24) is 5.32 Å². The van der Waals surface area contributed by atoms with Gasteiger partial charge in [0.15, 0.2) is 0 Å². The van der Waals surface area contributed by atoms with Crippen LogP contribution in [-0.2, 0) is 11.2 Å². The van der Waals surface area contributed by atoms with Crippen LogP contribution in [0.2, 0.25) is 0 Å². The molecular weight excluding hydrogens is 246 g/mol. The Hall–Kier alpha value is -0.870. The zero-order chi connectivity index (χ0) is 13.0. The molecule has 1 aromatic rings. The lowest BCUT2D eigenvalue weighted by Crippen LogP contribution is -2.40. The SMILES string of the molecule is CCCc1cc(C(=O)N[C@H](C)[C@H]2CCCO2)cs1. The molecule has 3 nitrogen and oxygen atoms in total. The van der Waals surface area contributed by atoms with E-state index in [0.29, 0.717) is 0 Å². The first-order valence-electron chi connectivity index (χ1n) is 6.70. The Morgan fingerprint density at radius 3 is 3.17 bits per heavy atom. The van der Waals surface area contributed by atoms with Crippen molar-refractivity contribution >= 4 is 17.2 Å². The summed E-state index contributed by atoms with van der Waals surface area (Å²) in [5, 5.41) is 4.98. The highest BCUT2D eigenvalue weighted by Crippen LogP contribution is 2.18. The smallest absolute Gasteiger partial charge is 0.252 e. The fourth-order valence-corrected chi connectivity index (χ4v) is 3.23. The molecule has 1 saturated heterocycles. The van der Waals surface area contributed by atoms with Crippen LogP contribution in [0.15, 0.2) is 11.4 Å². The van der Waals surface area contributed by atoms with Gasteiger partial charge in [-0.2, -0.15) is 0 Å². The van der Waals surface area contributed by atoms with E-state index in [-0.39, 0.29) is 18.1 Å². The molecule has 18 heavy (non-hydrogen) atoms. The van der Waals surface area contributed by atoms with E-state index >= 15 is 0 Å². The molecule has 2 atom stereocenters. The minimum absolute atomic E-state index is 0.0246. The second-order valence-corrected chi connectivity index (χ2v) is 5.86. The van der Waals surface area contributed by atoms with E-state index in [9.17, 15) is 4.79 Å². The Labute approximate surface area is 113 Å². The van der Waals surface area contributed by atoms with Crippen molar-refractivity contribution in [3.8, 4) is 0 Å². The third-order valence-electron chi connectivity index (χ3n) is 3.29. The molecule has 0 bridgehead atoms. The van der Waals surface area contributed by atoms with Crippen LogP contribution in [-0.4, -0.2) is 24.7 Å². The number of amides is 1. The Bertz CT molecular complexity index is 396. The molecule has 0 radical (unpaired) electrons. The monoisotopic (exact) mass is 267 g/mol. The van der Waals surface area contributed by atoms with Crippen molar-refractivity contribution in [3.05, 3.63) is 21.9 Å². The predicted molar refractivity (Wildman–Crippen MR) is 74.2 cm³/mol. The van der Waals surface area contributed by atoms with Gasteiger partial charge in [-0.05, 0) is 32.3 Å². The minimum Gasteiger partial charge on any atom is -0.376 e. The maximum atomic E-state index is 12.1. The van der Waals surface area contributed by atoms with Crippen LogP contribution in [0.4, 0.5) is 0 Å². The van der Waals surface area contributed by atoms with Crippen LogP contribution in [0.5, 0.6) is 0 Å². The maximum Gasteiger partial charge on any atom is 0.252 e. The summed E-state index contributed by atoms with van der Waals surface area (Å²) in [6, 6.07) is 2.10. The fourth-order valence-electron chi connectivity index (χ4n) is 2.26. The van der Waals surface area contributed by atoms with E-state index in [1.807, 2.05) is 18.4 Å². The van der Waals surface area contributed by atoms with Crippen LogP contribution in [0.3, 0.4) is 0 Å². The molecule has 1 aliphatic heterocycles. The standard InChI is InChI=1S/C14H21NO2S/c1-3-5-12-8-11(9-18-12)14(16)15-10(2)13-6-4-7-17-13/h8-10,13H,3-7H2,1-2H3,(H,15,16)/t10-,13-/m1/s1. The second-order valence-electron chi connectivity index (χ2n) is 4.87. The molecule has 1 fully saturated rings. The molecule has 1 aliphatic rings. The number of carbonyl (C=O) groups excluding carboxylic acids is 1. The summed E-state index contributed by atoms with van der Waals surface area (Å²) < 4.78 is 5.58. The number of hydrogen-bond acceptors (Lipinski definition) is 3. The van der Waals surface area contributed by atoms with Crippen LogP contribution < -0.4 is 5.32 Å². The second kappa shape index (κ2) is 6.34. The Morgan fingerprint density at radius 2 is 2.50 bits per heavy atom. The van der Waals surface area contributed by atoms with E-state index in [2.05, 4.69) is 12.2 Å². The average molecular weight is 267 g/mol. The number of carbonyl (C=O) groups is 1.